The first-order valence-corrected chi connectivity index (χ1v) is 5.48. The number of nitrogens with zero attached hydrogens (tertiary/aromatic N) is 3. The summed E-state index contributed by atoms with van der Waals surface area (Å²) in [6.45, 7) is 0.602. The van der Waals surface area contributed by atoms with E-state index in [2.05, 4.69) is 15.4 Å². The molecule has 1 N–H and O–H groups in total. The van der Waals surface area contributed by atoms with E-state index >= 15 is 0 Å². The third-order valence-corrected chi connectivity index (χ3v) is 2.72. The second kappa shape index (κ2) is 4.81. The van der Waals surface area contributed by atoms with E-state index < -0.39 is 5.82 Å². The van der Waals surface area contributed by atoms with Gasteiger partial charge in [0.1, 0.15) is 11.0 Å². The molecule has 6 heteroatoms. The fraction of sp³-hybridized carbons (Fsp3) is 0.273. The van der Waals surface area contributed by atoms with Crippen molar-refractivity contribution < 1.29 is 4.39 Å². The first kappa shape index (κ1) is 12.0. The molecule has 0 bridgehead atoms. The standard InChI is InChI=1S/C11H12ClFN4/c1-14-6-10-8(4-16-17(10)2)7-3-11(12)15-5-9(7)13/h3-5,14H,6H2,1-2H3. The first-order valence-electron chi connectivity index (χ1n) is 5.10. The molecule has 0 amide bonds. The second-order valence-electron chi connectivity index (χ2n) is 3.65. The number of pyridine rings is 1. The average Bonchev–Trinajstić information content (AvgIpc) is 2.65. The number of aryl methyl sites for hydroxylation is 1. The van der Waals surface area contributed by atoms with Gasteiger partial charge in [0.05, 0.1) is 18.1 Å². The van der Waals surface area contributed by atoms with Crippen molar-refractivity contribution in [3.63, 3.8) is 0 Å². The molecule has 90 valence electrons. The minimum Gasteiger partial charge on any atom is -0.314 e. The number of hydrogen-bond donors (Lipinski definition) is 1. The van der Waals surface area contributed by atoms with Crippen LogP contribution >= 0.6 is 11.6 Å². The first-order chi connectivity index (χ1) is 8.13. The summed E-state index contributed by atoms with van der Waals surface area (Å²) in [5.41, 5.74) is 2.04. The van der Waals surface area contributed by atoms with E-state index in [4.69, 9.17) is 11.6 Å². The van der Waals surface area contributed by atoms with Crippen molar-refractivity contribution in [3.8, 4) is 11.1 Å². The largest absolute Gasteiger partial charge is 0.314 e. The molecule has 2 aromatic rings. The van der Waals surface area contributed by atoms with E-state index in [0.717, 1.165) is 17.5 Å². The Bertz CT molecular complexity index is 538. The lowest BCUT2D eigenvalue weighted by atomic mass is 10.1. The lowest BCUT2D eigenvalue weighted by Gasteiger charge is -2.06. The van der Waals surface area contributed by atoms with Crippen molar-refractivity contribution in [1.82, 2.24) is 20.1 Å². The summed E-state index contributed by atoms with van der Waals surface area (Å²) in [7, 11) is 3.64. The molecule has 0 spiro atoms. The van der Waals surface area contributed by atoms with Crippen molar-refractivity contribution in [2.24, 2.45) is 7.05 Å². The normalized spacial score (nSPS) is 10.8. The molecular formula is C11H12ClFN4. The minimum absolute atomic E-state index is 0.265. The molecule has 0 aliphatic rings. The molecule has 0 saturated heterocycles. The van der Waals surface area contributed by atoms with Gasteiger partial charge < -0.3 is 5.32 Å². The minimum atomic E-state index is -0.403. The predicted molar refractivity (Wildman–Crippen MR) is 64.2 cm³/mol. The number of rotatable bonds is 3. The van der Waals surface area contributed by atoms with E-state index in [1.165, 1.54) is 6.07 Å². The van der Waals surface area contributed by atoms with Gasteiger partial charge in [0.15, 0.2) is 0 Å². The Morgan fingerprint density at radius 3 is 2.88 bits per heavy atom. The van der Waals surface area contributed by atoms with E-state index in [1.807, 2.05) is 14.1 Å². The molecule has 0 aromatic carbocycles. The van der Waals surface area contributed by atoms with Gasteiger partial charge >= 0.3 is 0 Å². The summed E-state index contributed by atoms with van der Waals surface area (Å²) in [4.78, 5) is 3.69. The van der Waals surface area contributed by atoms with Gasteiger partial charge in [-0.25, -0.2) is 9.37 Å². The van der Waals surface area contributed by atoms with E-state index in [0.29, 0.717) is 12.1 Å². The number of hydrogen-bond acceptors (Lipinski definition) is 3. The third-order valence-electron chi connectivity index (χ3n) is 2.52. The molecule has 2 rings (SSSR count). The van der Waals surface area contributed by atoms with Crippen LogP contribution in [0.4, 0.5) is 4.39 Å². The Labute approximate surface area is 103 Å². The summed E-state index contributed by atoms with van der Waals surface area (Å²) in [5.74, 6) is -0.403. The molecule has 17 heavy (non-hydrogen) atoms. The van der Waals surface area contributed by atoms with Crippen LogP contribution < -0.4 is 5.32 Å². The highest BCUT2D eigenvalue weighted by Gasteiger charge is 2.14. The van der Waals surface area contributed by atoms with E-state index in [1.54, 1.807) is 10.9 Å². The molecule has 0 aliphatic heterocycles. The maximum Gasteiger partial charge on any atom is 0.149 e. The van der Waals surface area contributed by atoms with Crippen molar-refractivity contribution in [3.05, 3.63) is 35.1 Å². The lowest BCUT2D eigenvalue weighted by molar-refractivity contribution is 0.624. The Balaban J connectivity index is 2.56. The summed E-state index contributed by atoms with van der Waals surface area (Å²) < 4.78 is 15.4. The highest BCUT2D eigenvalue weighted by atomic mass is 35.5. The highest BCUT2D eigenvalue weighted by molar-refractivity contribution is 6.29. The monoisotopic (exact) mass is 254 g/mol. The van der Waals surface area contributed by atoms with Crippen LogP contribution in [0.3, 0.4) is 0 Å². The molecule has 0 unspecified atom stereocenters. The average molecular weight is 255 g/mol. The Morgan fingerprint density at radius 2 is 2.18 bits per heavy atom. The van der Waals surface area contributed by atoms with Crippen LogP contribution in [-0.4, -0.2) is 21.8 Å². The molecule has 0 aliphatic carbocycles. The maximum atomic E-state index is 13.7. The van der Waals surface area contributed by atoms with Crippen molar-refractivity contribution >= 4 is 11.6 Å². The fourth-order valence-corrected chi connectivity index (χ4v) is 1.84. The summed E-state index contributed by atoms with van der Waals surface area (Å²) in [6, 6.07) is 1.51. The van der Waals surface area contributed by atoms with Gasteiger partial charge in [-0.2, -0.15) is 5.10 Å². The predicted octanol–water partition coefficient (Wildman–Crippen LogP) is 1.99. The zero-order valence-corrected chi connectivity index (χ0v) is 10.3. The molecular weight excluding hydrogens is 243 g/mol. The van der Waals surface area contributed by atoms with Gasteiger partial charge in [-0.3, -0.25) is 4.68 Å². The van der Waals surface area contributed by atoms with Crippen LogP contribution in [-0.2, 0) is 13.6 Å². The molecule has 0 saturated carbocycles. The highest BCUT2D eigenvalue weighted by Crippen LogP contribution is 2.27. The van der Waals surface area contributed by atoms with Gasteiger partial charge in [0.2, 0.25) is 0 Å². The van der Waals surface area contributed by atoms with Gasteiger partial charge in [-0.05, 0) is 13.1 Å². The van der Waals surface area contributed by atoms with Crippen molar-refractivity contribution in [1.29, 1.82) is 0 Å². The molecule has 2 heterocycles. The third kappa shape index (κ3) is 2.30. The molecule has 2 aromatic heterocycles. The Morgan fingerprint density at radius 1 is 1.41 bits per heavy atom. The van der Waals surface area contributed by atoms with Gasteiger partial charge in [0, 0.05) is 24.7 Å². The second-order valence-corrected chi connectivity index (χ2v) is 4.03. The van der Waals surface area contributed by atoms with Crippen molar-refractivity contribution in [2.75, 3.05) is 7.05 Å². The van der Waals surface area contributed by atoms with Crippen LogP contribution in [0.2, 0.25) is 5.15 Å². The van der Waals surface area contributed by atoms with Crippen LogP contribution in [0.15, 0.2) is 18.5 Å². The topological polar surface area (TPSA) is 42.7 Å². The smallest absolute Gasteiger partial charge is 0.149 e. The zero-order valence-electron chi connectivity index (χ0n) is 9.54. The molecule has 0 radical (unpaired) electrons. The van der Waals surface area contributed by atoms with Gasteiger partial charge in [0.25, 0.3) is 0 Å². The maximum absolute atomic E-state index is 13.7. The van der Waals surface area contributed by atoms with Crippen LogP contribution in [0.1, 0.15) is 5.69 Å². The number of aromatic nitrogens is 3. The van der Waals surface area contributed by atoms with E-state index in [9.17, 15) is 4.39 Å². The Kier molecular flexibility index (Phi) is 3.40. The van der Waals surface area contributed by atoms with Gasteiger partial charge in [-0.15, -0.1) is 0 Å². The summed E-state index contributed by atoms with van der Waals surface area (Å²) in [5, 5.41) is 7.42. The van der Waals surface area contributed by atoms with Crippen LogP contribution in [0, 0.1) is 5.82 Å². The van der Waals surface area contributed by atoms with Crippen molar-refractivity contribution in [2.45, 2.75) is 6.54 Å². The number of nitrogens with one attached hydrogen (secondary N) is 1. The summed E-state index contributed by atoms with van der Waals surface area (Å²) >= 11 is 5.78. The fourth-order valence-electron chi connectivity index (χ4n) is 1.68. The quantitative estimate of drug-likeness (QED) is 0.852. The SMILES string of the molecule is CNCc1c(-c2cc(Cl)ncc2F)cnn1C. The summed E-state index contributed by atoms with van der Waals surface area (Å²) in [6.07, 6.45) is 2.75. The Hall–Kier alpha value is -1.46. The van der Waals surface area contributed by atoms with Crippen LogP contribution in [0.25, 0.3) is 11.1 Å². The molecule has 4 nitrogen and oxygen atoms in total. The van der Waals surface area contributed by atoms with Gasteiger partial charge in [-0.1, -0.05) is 11.6 Å². The van der Waals surface area contributed by atoms with Crippen LogP contribution in [0.5, 0.6) is 0 Å². The van der Waals surface area contributed by atoms with E-state index in [-0.39, 0.29) is 5.15 Å². The zero-order chi connectivity index (χ0) is 12.4. The lowest BCUT2D eigenvalue weighted by Crippen LogP contribution is -2.10. The molecule has 0 fully saturated rings. The number of halogens is 2. The molecule has 0 atom stereocenters.